The molecule has 0 amide bonds. The highest BCUT2D eigenvalue weighted by Gasteiger charge is 2.12. The molecule has 1 aromatic heterocycles. The Hall–Kier alpha value is -1.88. The molecule has 19 heavy (non-hydrogen) atoms. The fourth-order valence-electron chi connectivity index (χ4n) is 1.74. The molecule has 0 spiro atoms. The van der Waals surface area contributed by atoms with Crippen LogP contribution < -0.4 is 10.1 Å². The van der Waals surface area contributed by atoms with Gasteiger partial charge in [0.15, 0.2) is 0 Å². The summed E-state index contributed by atoms with van der Waals surface area (Å²) in [5, 5.41) is 7.23. The summed E-state index contributed by atoms with van der Waals surface area (Å²) < 4.78 is 10.8. The molecule has 0 saturated carbocycles. The number of hydrogen-bond acceptors (Lipinski definition) is 5. The van der Waals surface area contributed by atoms with Gasteiger partial charge in [-0.15, -0.1) is 0 Å². The van der Waals surface area contributed by atoms with Gasteiger partial charge in [-0.3, -0.25) is 0 Å². The van der Waals surface area contributed by atoms with Gasteiger partial charge in [0.1, 0.15) is 5.75 Å². The molecular formula is C14H19N3O2. The molecule has 0 aliphatic heterocycles. The second kappa shape index (κ2) is 6.89. The van der Waals surface area contributed by atoms with Crippen LogP contribution in [0.3, 0.4) is 0 Å². The maximum absolute atomic E-state index is 5.56. The van der Waals surface area contributed by atoms with Gasteiger partial charge in [0.25, 0.3) is 0 Å². The van der Waals surface area contributed by atoms with Gasteiger partial charge in [-0.2, -0.15) is 4.98 Å². The predicted octanol–water partition coefficient (Wildman–Crippen LogP) is 2.63. The van der Waals surface area contributed by atoms with Crippen LogP contribution in [0.5, 0.6) is 5.75 Å². The molecule has 1 heterocycles. The molecule has 0 aliphatic rings. The summed E-state index contributed by atoms with van der Waals surface area (Å²) in [5.41, 5.74) is 0.856. The monoisotopic (exact) mass is 261 g/mol. The molecule has 0 bridgehead atoms. The Kier molecular flexibility index (Phi) is 4.92. The zero-order valence-electron chi connectivity index (χ0n) is 11.3. The molecule has 0 fully saturated rings. The Bertz CT molecular complexity index is 511. The highest BCUT2D eigenvalue weighted by Crippen LogP contribution is 2.27. The molecule has 0 atom stereocenters. The topological polar surface area (TPSA) is 60.2 Å². The van der Waals surface area contributed by atoms with Crippen LogP contribution in [0.25, 0.3) is 11.4 Å². The molecule has 0 unspecified atom stereocenters. The Balaban J connectivity index is 2.13. The van der Waals surface area contributed by atoms with E-state index in [9.17, 15) is 0 Å². The van der Waals surface area contributed by atoms with E-state index < -0.39 is 0 Å². The van der Waals surface area contributed by atoms with Crippen molar-refractivity contribution in [2.24, 2.45) is 0 Å². The van der Waals surface area contributed by atoms with E-state index in [0.29, 0.717) is 24.9 Å². The maximum atomic E-state index is 5.56. The maximum Gasteiger partial charge on any atom is 0.240 e. The van der Waals surface area contributed by atoms with Crippen LogP contribution >= 0.6 is 0 Å². The number of benzene rings is 1. The van der Waals surface area contributed by atoms with Gasteiger partial charge in [0.05, 0.1) is 18.7 Å². The number of hydrogen-bond donors (Lipinski definition) is 1. The smallest absolute Gasteiger partial charge is 0.240 e. The van der Waals surface area contributed by atoms with E-state index in [2.05, 4.69) is 22.4 Å². The second-order valence-electron chi connectivity index (χ2n) is 4.12. The highest BCUT2D eigenvalue weighted by molar-refractivity contribution is 5.63. The number of ether oxygens (including phenoxy) is 1. The summed E-state index contributed by atoms with van der Waals surface area (Å²) in [4.78, 5) is 4.37. The van der Waals surface area contributed by atoms with Crippen LogP contribution in [0.15, 0.2) is 28.8 Å². The van der Waals surface area contributed by atoms with Gasteiger partial charge < -0.3 is 14.6 Å². The number of nitrogens with one attached hydrogen (secondary N) is 1. The first-order chi connectivity index (χ1) is 9.35. The van der Waals surface area contributed by atoms with E-state index >= 15 is 0 Å². The fraction of sp³-hybridized carbons (Fsp3) is 0.429. The third kappa shape index (κ3) is 3.54. The van der Waals surface area contributed by atoms with Crippen LogP contribution in [-0.2, 0) is 6.54 Å². The third-order valence-electron chi connectivity index (χ3n) is 2.60. The lowest BCUT2D eigenvalue weighted by Gasteiger charge is -2.05. The lowest BCUT2D eigenvalue weighted by molar-refractivity contribution is 0.340. The van der Waals surface area contributed by atoms with E-state index in [-0.39, 0.29) is 0 Å². The summed E-state index contributed by atoms with van der Waals surface area (Å²) in [7, 11) is 0. The first-order valence-electron chi connectivity index (χ1n) is 6.60. The van der Waals surface area contributed by atoms with E-state index in [1.807, 2.05) is 31.2 Å². The Morgan fingerprint density at radius 1 is 1.26 bits per heavy atom. The van der Waals surface area contributed by atoms with Crippen molar-refractivity contribution in [2.45, 2.75) is 26.8 Å². The molecule has 2 rings (SSSR count). The lowest BCUT2D eigenvalue weighted by Crippen LogP contribution is -2.13. The molecule has 0 aliphatic carbocycles. The minimum atomic E-state index is 0.567. The van der Waals surface area contributed by atoms with Gasteiger partial charge in [-0.05, 0) is 32.0 Å². The highest BCUT2D eigenvalue weighted by atomic mass is 16.5. The van der Waals surface area contributed by atoms with E-state index in [0.717, 1.165) is 24.3 Å². The van der Waals surface area contributed by atoms with Crippen LogP contribution in [0.4, 0.5) is 0 Å². The van der Waals surface area contributed by atoms with Gasteiger partial charge in [-0.25, -0.2) is 0 Å². The largest absolute Gasteiger partial charge is 0.493 e. The van der Waals surface area contributed by atoms with Gasteiger partial charge in [0, 0.05) is 0 Å². The van der Waals surface area contributed by atoms with Crippen LogP contribution in [0, 0.1) is 0 Å². The normalized spacial score (nSPS) is 10.6. The molecule has 1 aromatic carbocycles. The van der Waals surface area contributed by atoms with E-state index in [1.54, 1.807) is 0 Å². The summed E-state index contributed by atoms with van der Waals surface area (Å²) in [5.74, 6) is 1.94. The number of nitrogens with zero attached hydrogens (tertiary/aromatic N) is 2. The quantitative estimate of drug-likeness (QED) is 0.776. The summed E-state index contributed by atoms with van der Waals surface area (Å²) in [6.07, 6.45) is 1.08. The van der Waals surface area contributed by atoms with Crippen LogP contribution in [0.1, 0.15) is 26.2 Å². The average Bonchev–Trinajstić information content (AvgIpc) is 2.89. The van der Waals surface area contributed by atoms with Crippen molar-refractivity contribution >= 4 is 0 Å². The molecule has 5 heteroatoms. The van der Waals surface area contributed by atoms with Crippen LogP contribution in [0.2, 0.25) is 0 Å². The number of aromatic nitrogens is 2. The Morgan fingerprint density at radius 2 is 2.11 bits per heavy atom. The molecule has 0 radical (unpaired) electrons. The number of rotatable bonds is 7. The van der Waals surface area contributed by atoms with E-state index in [4.69, 9.17) is 9.26 Å². The molecule has 0 saturated heterocycles. The van der Waals surface area contributed by atoms with Gasteiger partial charge >= 0.3 is 0 Å². The van der Waals surface area contributed by atoms with Crippen molar-refractivity contribution in [1.82, 2.24) is 15.5 Å². The first-order valence-corrected chi connectivity index (χ1v) is 6.60. The van der Waals surface area contributed by atoms with E-state index in [1.165, 1.54) is 0 Å². The summed E-state index contributed by atoms with van der Waals surface area (Å²) >= 11 is 0. The summed E-state index contributed by atoms with van der Waals surface area (Å²) in [6.45, 7) is 6.21. The predicted molar refractivity (Wildman–Crippen MR) is 72.9 cm³/mol. The average molecular weight is 261 g/mol. The fourth-order valence-corrected chi connectivity index (χ4v) is 1.74. The van der Waals surface area contributed by atoms with Crippen molar-refractivity contribution in [3.05, 3.63) is 30.2 Å². The third-order valence-corrected chi connectivity index (χ3v) is 2.60. The second-order valence-corrected chi connectivity index (χ2v) is 4.12. The SMILES string of the molecule is CCCNCc1nc(-c2ccccc2OCC)no1. The molecule has 102 valence electrons. The number of para-hydroxylation sites is 1. The lowest BCUT2D eigenvalue weighted by atomic mass is 10.2. The first kappa shape index (κ1) is 13.5. The van der Waals surface area contributed by atoms with Gasteiger partial charge in [-0.1, -0.05) is 24.2 Å². The van der Waals surface area contributed by atoms with Crippen molar-refractivity contribution in [3.8, 4) is 17.1 Å². The van der Waals surface area contributed by atoms with Crippen molar-refractivity contribution < 1.29 is 9.26 Å². The molecule has 1 N–H and O–H groups in total. The minimum absolute atomic E-state index is 0.567. The van der Waals surface area contributed by atoms with Gasteiger partial charge in [0.2, 0.25) is 11.7 Å². The zero-order chi connectivity index (χ0) is 13.5. The molecule has 2 aromatic rings. The summed E-state index contributed by atoms with van der Waals surface area (Å²) in [6, 6.07) is 7.70. The molecule has 5 nitrogen and oxygen atoms in total. The Labute approximate surface area is 113 Å². The van der Waals surface area contributed by atoms with Crippen molar-refractivity contribution in [2.75, 3.05) is 13.2 Å². The van der Waals surface area contributed by atoms with Crippen molar-refractivity contribution in [3.63, 3.8) is 0 Å². The van der Waals surface area contributed by atoms with Crippen LogP contribution in [-0.4, -0.2) is 23.3 Å². The van der Waals surface area contributed by atoms with Crippen molar-refractivity contribution in [1.29, 1.82) is 0 Å². The minimum Gasteiger partial charge on any atom is -0.493 e. The standard InChI is InChI=1S/C14H19N3O2/c1-3-9-15-10-13-16-14(17-19-13)11-7-5-6-8-12(11)18-4-2/h5-8,15H,3-4,9-10H2,1-2H3. The zero-order valence-corrected chi connectivity index (χ0v) is 11.3. The molecular weight excluding hydrogens is 242 g/mol. The Morgan fingerprint density at radius 3 is 2.89 bits per heavy atom.